The summed E-state index contributed by atoms with van der Waals surface area (Å²) in [5, 5.41) is 5.71. The van der Waals surface area contributed by atoms with E-state index < -0.39 is 0 Å². The Labute approximate surface area is 174 Å². The molecule has 0 spiro atoms. The van der Waals surface area contributed by atoms with E-state index in [0.717, 1.165) is 15.8 Å². The standard InChI is InChI=1S/C21H26BrN3O3/c1-25(2)19(15-6-10-18(28-3)11-7-15)14-24-20(26)12-13-23-21(27)16-4-8-17(22)9-5-16/h4-11,19H,12-14H2,1-3H3,(H,23,27)(H,24,26)/t19-/m0/s1. The number of benzene rings is 2. The lowest BCUT2D eigenvalue weighted by atomic mass is 10.1. The van der Waals surface area contributed by atoms with Crippen LogP contribution in [0.2, 0.25) is 0 Å². The average Bonchev–Trinajstić information content (AvgIpc) is 2.68. The highest BCUT2D eigenvalue weighted by Gasteiger charge is 2.15. The fourth-order valence-electron chi connectivity index (χ4n) is 2.72. The minimum absolute atomic E-state index is 0.0483. The smallest absolute Gasteiger partial charge is 0.251 e. The van der Waals surface area contributed by atoms with Gasteiger partial charge in [0.25, 0.3) is 5.91 Å². The molecule has 0 unspecified atom stereocenters. The number of rotatable bonds is 9. The predicted octanol–water partition coefficient (Wildman–Crippen LogP) is 3.00. The van der Waals surface area contributed by atoms with E-state index in [0.29, 0.717) is 12.1 Å². The molecule has 6 nitrogen and oxygen atoms in total. The van der Waals surface area contributed by atoms with Gasteiger partial charge in [-0.15, -0.1) is 0 Å². The molecule has 28 heavy (non-hydrogen) atoms. The van der Waals surface area contributed by atoms with Gasteiger partial charge in [0.15, 0.2) is 0 Å². The molecule has 2 aromatic rings. The van der Waals surface area contributed by atoms with Crippen LogP contribution in [0.3, 0.4) is 0 Å². The fourth-order valence-corrected chi connectivity index (χ4v) is 2.98. The van der Waals surface area contributed by atoms with E-state index in [4.69, 9.17) is 4.74 Å². The SMILES string of the molecule is COc1ccc([C@H](CNC(=O)CCNC(=O)c2ccc(Br)cc2)N(C)C)cc1. The van der Waals surface area contributed by atoms with Crippen molar-refractivity contribution < 1.29 is 14.3 Å². The van der Waals surface area contributed by atoms with Gasteiger partial charge < -0.3 is 20.3 Å². The van der Waals surface area contributed by atoms with Gasteiger partial charge in [0, 0.05) is 29.5 Å². The summed E-state index contributed by atoms with van der Waals surface area (Å²) < 4.78 is 6.10. The molecular formula is C21H26BrN3O3. The van der Waals surface area contributed by atoms with E-state index in [-0.39, 0.29) is 30.8 Å². The van der Waals surface area contributed by atoms with Crippen LogP contribution in [0.15, 0.2) is 53.0 Å². The van der Waals surface area contributed by atoms with Gasteiger partial charge in [-0.05, 0) is 56.1 Å². The Bertz CT molecular complexity index is 776. The van der Waals surface area contributed by atoms with Crippen LogP contribution in [-0.4, -0.2) is 51.0 Å². The van der Waals surface area contributed by atoms with Crippen LogP contribution in [-0.2, 0) is 4.79 Å². The molecular weight excluding hydrogens is 422 g/mol. The molecule has 0 aliphatic rings. The first-order valence-electron chi connectivity index (χ1n) is 9.01. The lowest BCUT2D eigenvalue weighted by Gasteiger charge is -2.25. The van der Waals surface area contributed by atoms with Gasteiger partial charge in [-0.3, -0.25) is 9.59 Å². The summed E-state index contributed by atoms with van der Waals surface area (Å²) in [6.07, 6.45) is 0.227. The molecule has 0 fully saturated rings. The third kappa shape index (κ3) is 6.65. The maximum absolute atomic E-state index is 12.2. The molecule has 2 N–H and O–H groups in total. The monoisotopic (exact) mass is 447 g/mol. The number of hydrogen-bond donors (Lipinski definition) is 2. The van der Waals surface area contributed by atoms with Gasteiger partial charge in [0.05, 0.1) is 13.2 Å². The quantitative estimate of drug-likeness (QED) is 0.619. The first-order chi connectivity index (χ1) is 13.4. The Morgan fingerprint density at radius 2 is 1.68 bits per heavy atom. The second-order valence-corrected chi connectivity index (χ2v) is 7.49. The number of likely N-dealkylation sites (N-methyl/N-ethyl adjacent to an activating group) is 1. The van der Waals surface area contributed by atoms with Gasteiger partial charge in [0.2, 0.25) is 5.91 Å². The zero-order valence-corrected chi connectivity index (χ0v) is 18.0. The predicted molar refractivity (Wildman–Crippen MR) is 114 cm³/mol. The Balaban J connectivity index is 1.79. The molecule has 150 valence electrons. The molecule has 0 radical (unpaired) electrons. The number of ether oxygens (including phenoxy) is 1. The van der Waals surface area contributed by atoms with Gasteiger partial charge in [0.1, 0.15) is 5.75 Å². The normalized spacial score (nSPS) is 11.8. The van der Waals surface area contributed by atoms with Crippen molar-refractivity contribution in [2.24, 2.45) is 0 Å². The lowest BCUT2D eigenvalue weighted by Crippen LogP contribution is -2.36. The molecule has 0 saturated carbocycles. The number of hydrogen-bond acceptors (Lipinski definition) is 4. The molecule has 2 rings (SSSR count). The summed E-state index contributed by atoms with van der Waals surface area (Å²) in [4.78, 5) is 26.3. The van der Waals surface area contributed by atoms with Crippen LogP contribution in [0.5, 0.6) is 5.75 Å². The molecule has 2 aromatic carbocycles. The molecule has 7 heteroatoms. The summed E-state index contributed by atoms with van der Waals surface area (Å²) in [6, 6.07) is 14.9. The summed E-state index contributed by atoms with van der Waals surface area (Å²) >= 11 is 3.33. The van der Waals surface area contributed by atoms with Gasteiger partial charge in [-0.1, -0.05) is 28.1 Å². The van der Waals surface area contributed by atoms with Crippen molar-refractivity contribution in [3.8, 4) is 5.75 Å². The van der Waals surface area contributed by atoms with Gasteiger partial charge in [-0.2, -0.15) is 0 Å². The van der Waals surface area contributed by atoms with Crippen LogP contribution < -0.4 is 15.4 Å². The van der Waals surface area contributed by atoms with E-state index in [1.165, 1.54) is 0 Å². The van der Waals surface area contributed by atoms with Crippen molar-refractivity contribution >= 4 is 27.7 Å². The average molecular weight is 448 g/mol. The highest BCUT2D eigenvalue weighted by molar-refractivity contribution is 9.10. The van der Waals surface area contributed by atoms with Crippen LogP contribution >= 0.6 is 15.9 Å². The van der Waals surface area contributed by atoms with Gasteiger partial charge >= 0.3 is 0 Å². The highest BCUT2D eigenvalue weighted by Crippen LogP contribution is 2.20. The number of carbonyl (C=O) groups is 2. The first-order valence-corrected chi connectivity index (χ1v) is 9.81. The topological polar surface area (TPSA) is 70.7 Å². The largest absolute Gasteiger partial charge is 0.497 e. The number of carbonyl (C=O) groups excluding carboxylic acids is 2. The van der Waals surface area contributed by atoms with E-state index in [1.807, 2.05) is 50.5 Å². The summed E-state index contributed by atoms with van der Waals surface area (Å²) in [5.41, 5.74) is 1.66. The minimum Gasteiger partial charge on any atom is -0.497 e. The van der Waals surface area contributed by atoms with Gasteiger partial charge in [-0.25, -0.2) is 0 Å². The molecule has 0 aliphatic carbocycles. The lowest BCUT2D eigenvalue weighted by molar-refractivity contribution is -0.121. The second-order valence-electron chi connectivity index (χ2n) is 6.57. The Hall–Kier alpha value is -2.38. The van der Waals surface area contributed by atoms with Crippen LogP contribution in [0.1, 0.15) is 28.4 Å². The maximum Gasteiger partial charge on any atom is 0.251 e. The van der Waals surface area contributed by atoms with E-state index in [2.05, 4.69) is 31.5 Å². The van der Waals surface area contributed by atoms with Crippen LogP contribution in [0, 0.1) is 0 Å². The molecule has 1 atom stereocenters. The Morgan fingerprint density at radius 3 is 2.25 bits per heavy atom. The number of methoxy groups -OCH3 is 1. The first kappa shape index (κ1) is 21.9. The van der Waals surface area contributed by atoms with Crippen molar-refractivity contribution in [3.63, 3.8) is 0 Å². The zero-order valence-electron chi connectivity index (χ0n) is 16.4. The molecule has 2 amide bonds. The zero-order chi connectivity index (χ0) is 20.5. The summed E-state index contributed by atoms with van der Waals surface area (Å²) in [5.74, 6) is 0.507. The second kappa shape index (κ2) is 10.8. The molecule has 0 bridgehead atoms. The molecule has 0 aliphatic heterocycles. The van der Waals surface area contributed by atoms with Crippen molar-refractivity contribution in [1.82, 2.24) is 15.5 Å². The fraction of sp³-hybridized carbons (Fsp3) is 0.333. The number of nitrogens with one attached hydrogen (secondary N) is 2. The van der Waals surface area contributed by atoms with E-state index in [9.17, 15) is 9.59 Å². The van der Waals surface area contributed by atoms with Crippen molar-refractivity contribution in [3.05, 3.63) is 64.1 Å². The van der Waals surface area contributed by atoms with Crippen molar-refractivity contribution in [2.45, 2.75) is 12.5 Å². The Kier molecular flexibility index (Phi) is 8.47. The third-order valence-electron chi connectivity index (χ3n) is 4.36. The maximum atomic E-state index is 12.2. The number of nitrogens with zero attached hydrogens (tertiary/aromatic N) is 1. The molecule has 0 saturated heterocycles. The number of amides is 2. The molecule has 0 heterocycles. The molecule has 0 aromatic heterocycles. The third-order valence-corrected chi connectivity index (χ3v) is 4.89. The Morgan fingerprint density at radius 1 is 1.04 bits per heavy atom. The highest BCUT2D eigenvalue weighted by atomic mass is 79.9. The summed E-state index contributed by atoms with van der Waals surface area (Å²) in [6.45, 7) is 0.773. The minimum atomic E-state index is -0.190. The van der Waals surface area contributed by atoms with Crippen molar-refractivity contribution in [2.75, 3.05) is 34.3 Å². The van der Waals surface area contributed by atoms with E-state index in [1.54, 1.807) is 19.2 Å². The van der Waals surface area contributed by atoms with E-state index >= 15 is 0 Å². The van der Waals surface area contributed by atoms with Crippen LogP contribution in [0.25, 0.3) is 0 Å². The van der Waals surface area contributed by atoms with Crippen LogP contribution in [0.4, 0.5) is 0 Å². The number of halogens is 1. The summed E-state index contributed by atoms with van der Waals surface area (Å²) in [7, 11) is 5.58. The van der Waals surface area contributed by atoms with Crippen molar-refractivity contribution in [1.29, 1.82) is 0 Å².